The second-order valence-electron chi connectivity index (χ2n) is 4.39. The van der Waals surface area contributed by atoms with Crippen LogP contribution in [0.2, 0.25) is 0 Å². The van der Waals surface area contributed by atoms with Gasteiger partial charge in [0, 0.05) is 30.6 Å². The molecule has 3 nitrogen and oxygen atoms in total. The fourth-order valence-electron chi connectivity index (χ4n) is 1.51. The Hall–Kier alpha value is -1.16. The van der Waals surface area contributed by atoms with E-state index in [9.17, 15) is 4.79 Å². The van der Waals surface area contributed by atoms with Crippen molar-refractivity contribution in [2.75, 3.05) is 26.6 Å². The van der Waals surface area contributed by atoms with Crippen LogP contribution in [0.3, 0.4) is 0 Å². The summed E-state index contributed by atoms with van der Waals surface area (Å²) >= 11 is 0. The molecule has 17 heavy (non-hydrogen) atoms. The molecule has 94 valence electrons. The topological polar surface area (TPSA) is 29.5 Å². The number of rotatable bonds is 2. The Bertz CT molecular complexity index is 428. The number of carbonyl (C=O) groups is 1. The average Bonchev–Trinajstić information content (AvgIpc) is 2.24. The van der Waals surface area contributed by atoms with Gasteiger partial charge in [0.05, 0.1) is 0 Å². The number of carbonyl (C=O) groups excluding carboxylic acids is 1. The van der Waals surface area contributed by atoms with Gasteiger partial charge in [-0.25, -0.2) is 4.79 Å². The highest BCUT2D eigenvalue weighted by molar-refractivity contribution is 7.95. The van der Waals surface area contributed by atoms with Crippen molar-refractivity contribution in [2.24, 2.45) is 0 Å². The summed E-state index contributed by atoms with van der Waals surface area (Å²) in [5.74, 6) is 0.649. The Morgan fingerprint density at radius 3 is 2.24 bits per heavy atom. The zero-order valence-corrected chi connectivity index (χ0v) is 12.1. The standard InChI is InChI=1S/C13H20NO2S/c1-9-10(2)12(17(5)6)8-7-11(9)16-13(15)14(3)4/h7-8H,1-6H3/q+1. The number of ether oxygens (including phenoxy) is 1. The van der Waals surface area contributed by atoms with E-state index in [4.69, 9.17) is 4.74 Å². The first-order chi connectivity index (χ1) is 7.84. The third-order valence-electron chi connectivity index (χ3n) is 2.69. The fourth-order valence-corrected chi connectivity index (χ4v) is 2.61. The average molecular weight is 254 g/mol. The zero-order valence-electron chi connectivity index (χ0n) is 11.3. The molecule has 0 unspecified atom stereocenters. The van der Waals surface area contributed by atoms with Gasteiger partial charge in [-0.1, -0.05) is 0 Å². The van der Waals surface area contributed by atoms with Gasteiger partial charge in [0.15, 0.2) is 4.90 Å². The number of hydrogen-bond donors (Lipinski definition) is 0. The highest BCUT2D eigenvalue weighted by atomic mass is 32.2. The summed E-state index contributed by atoms with van der Waals surface area (Å²) < 4.78 is 5.31. The summed E-state index contributed by atoms with van der Waals surface area (Å²) in [5.41, 5.74) is 2.25. The molecule has 0 saturated heterocycles. The molecule has 0 radical (unpaired) electrons. The molecule has 0 saturated carbocycles. The van der Waals surface area contributed by atoms with Gasteiger partial charge in [-0.2, -0.15) is 0 Å². The van der Waals surface area contributed by atoms with Crippen molar-refractivity contribution in [2.45, 2.75) is 18.7 Å². The van der Waals surface area contributed by atoms with Gasteiger partial charge in [0.1, 0.15) is 18.3 Å². The summed E-state index contributed by atoms with van der Waals surface area (Å²) in [6.07, 6.45) is 4.04. The maximum Gasteiger partial charge on any atom is 0.414 e. The van der Waals surface area contributed by atoms with Crippen LogP contribution in [-0.2, 0) is 10.9 Å². The van der Waals surface area contributed by atoms with Crippen LogP contribution in [-0.4, -0.2) is 37.6 Å². The maximum atomic E-state index is 11.5. The third kappa shape index (κ3) is 3.16. The molecule has 0 atom stereocenters. The predicted octanol–water partition coefficient (Wildman–Crippen LogP) is 2.60. The minimum Gasteiger partial charge on any atom is -0.410 e. The first-order valence-electron chi connectivity index (χ1n) is 5.41. The summed E-state index contributed by atoms with van der Waals surface area (Å²) in [6.45, 7) is 4.06. The van der Waals surface area contributed by atoms with E-state index in [2.05, 4.69) is 19.4 Å². The Labute approximate surface area is 106 Å². The normalized spacial score (nSPS) is 10.5. The van der Waals surface area contributed by atoms with Crippen molar-refractivity contribution in [3.63, 3.8) is 0 Å². The molecule has 0 aliphatic rings. The van der Waals surface area contributed by atoms with Crippen molar-refractivity contribution in [1.82, 2.24) is 4.90 Å². The molecule has 0 aromatic heterocycles. The second kappa shape index (κ2) is 5.45. The van der Waals surface area contributed by atoms with Gasteiger partial charge in [0.25, 0.3) is 0 Å². The van der Waals surface area contributed by atoms with Crippen molar-refractivity contribution < 1.29 is 9.53 Å². The maximum absolute atomic E-state index is 11.5. The van der Waals surface area contributed by atoms with E-state index in [0.29, 0.717) is 5.75 Å². The van der Waals surface area contributed by atoms with Crippen molar-refractivity contribution in [1.29, 1.82) is 0 Å². The van der Waals surface area contributed by atoms with Crippen LogP contribution in [0, 0.1) is 13.8 Å². The fraction of sp³-hybridized carbons (Fsp3) is 0.462. The van der Waals surface area contributed by atoms with Gasteiger partial charge >= 0.3 is 6.09 Å². The number of hydrogen-bond acceptors (Lipinski definition) is 2. The molecule has 0 heterocycles. The van der Waals surface area contributed by atoms with Crippen LogP contribution in [0.1, 0.15) is 11.1 Å². The first-order valence-corrected chi connectivity index (χ1v) is 7.45. The molecule has 0 spiro atoms. The second-order valence-corrected chi connectivity index (χ2v) is 6.46. The SMILES string of the molecule is Cc1c(OC(=O)N(C)C)ccc([S+](C)C)c1C. The van der Waals surface area contributed by atoms with Crippen LogP contribution >= 0.6 is 0 Å². The smallest absolute Gasteiger partial charge is 0.410 e. The molecule has 0 bridgehead atoms. The Morgan fingerprint density at radius 1 is 1.18 bits per heavy atom. The zero-order chi connectivity index (χ0) is 13.2. The van der Waals surface area contributed by atoms with Crippen molar-refractivity contribution >= 4 is 17.0 Å². The van der Waals surface area contributed by atoms with E-state index < -0.39 is 0 Å². The Kier molecular flexibility index (Phi) is 4.46. The van der Waals surface area contributed by atoms with Gasteiger partial charge in [-0.05, 0) is 31.5 Å². The summed E-state index contributed by atoms with van der Waals surface area (Å²) in [6, 6.07) is 3.93. The summed E-state index contributed by atoms with van der Waals surface area (Å²) in [4.78, 5) is 14.2. The number of amides is 1. The molecule has 1 rings (SSSR count). The molecular weight excluding hydrogens is 234 g/mol. The largest absolute Gasteiger partial charge is 0.414 e. The molecule has 0 N–H and O–H groups in total. The molecule has 0 aliphatic heterocycles. The van der Waals surface area contributed by atoms with Gasteiger partial charge in [-0.15, -0.1) is 0 Å². The first kappa shape index (κ1) is 13.9. The lowest BCUT2D eigenvalue weighted by Gasteiger charge is -2.14. The molecule has 0 aliphatic carbocycles. The molecular formula is C13H20NO2S+. The van der Waals surface area contributed by atoms with Crippen LogP contribution in [0.5, 0.6) is 5.75 Å². The van der Waals surface area contributed by atoms with Crippen LogP contribution in [0.4, 0.5) is 4.79 Å². The lowest BCUT2D eigenvalue weighted by atomic mass is 10.1. The minimum atomic E-state index is -0.341. The number of benzene rings is 1. The van der Waals surface area contributed by atoms with E-state index in [-0.39, 0.29) is 17.0 Å². The summed E-state index contributed by atoms with van der Waals surface area (Å²) in [5, 5.41) is 0. The lowest BCUT2D eigenvalue weighted by molar-refractivity contribution is 0.171. The molecule has 1 amide bonds. The van der Waals surface area contributed by atoms with Crippen LogP contribution in [0.25, 0.3) is 0 Å². The van der Waals surface area contributed by atoms with Crippen LogP contribution < -0.4 is 4.74 Å². The monoisotopic (exact) mass is 254 g/mol. The summed E-state index contributed by atoms with van der Waals surface area (Å²) in [7, 11) is 3.57. The quantitative estimate of drug-likeness (QED) is 0.759. The van der Waals surface area contributed by atoms with E-state index in [0.717, 1.165) is 5.56 Å². The molecule has 0 fully saturated rings. The molecule has 1 aromatic rings. The third-order valence-corrected chi connectivity index (χ3v) is 4.01. The van der Waals surface area contributed by atoms with E-state index >= 15 is 0 Å². The highest BCUT2D eigenvalue weighted by Crippen LogP contribution is 2.27. The predicted molar refractivity (Wildman–Crippen MR) is 73.1 cm³/mol. The van der Waals surface area contributed by atoms with Crippen molar-refractivity contribution in [3.05, 3.63) is 23.3 Å². The molecule has 4 heteroatoms. The Balaban J connectivity index is 3.05. The van der Waals surface area contributed by atoms with Gasteiger partial charge in [-0.3, -0.25) is 0 Å². The van der Waals surface area contributed by atoms with E-state index in [1.807, 2.05) is 19.1 Å². The van der Waals surface area contributed by atoms with Crippen molar-refractivity contribution in [3.8, 4) is 5.75 Å². The Morgan fingerprint density at radius 2 is 1.76 bits per heavy atom. The molecule has 1 aromatic carbocycles. The van der Waals surface area contributed by atoms with Gasteiger partial charge < -0.3 is 9.64 Å². The van der Waals surface area contributed by atoms with Crippen LogP contribution in [0.15, 0.2) is 17.0 Å². The highest BCUT2D eigenvalue weighted by Gasteiger charge is 2.18. The van der Waals surface area contributed by atoms with E-state index in [1.165, 1.54) is 15.4 Å². The van der Waals surface area contributed by atoms with E-state index in [1.54, 1.807) is 14.1 Å². The number of nitrogens with zero attached hydrogens (tertiary/aromatic N) is 1. The lowest BCUT2D eigenvalue weighted by Crippen LogP contribution is -2.25. The van der Waals surface area contributed by atoms with Gasteiger partial charge in [0.2, 0.25) is 0 Å². The minimum absolute atomic E-state index is 0.219.